The SMILES string of the molecule is C[C@H]1C[C@@H]2O[C@@H](CO)C[C@@H]2O[C@]12CC[C@@]1(CC=C[C@H](/C=C/CCC(=O)O)O1)O2. The van der Waals surface area contributed by atoms with E-state index in [1.165, 1.54) is 0 Å². The highest BCUT2D eigenvalue weighted by atomic mass is 16.8. The first-order valence-corrected chi connectivity index (χ1v) is 10.3. The predicted molar refractivity (Wildman–Crippen MR) is 99.4 cm³/mol. The molecule has 0 aliphatic carbocycles. The first-order valence-electron chi connectivity index (χ1n) is 10.3. The second kappa shape index (κ2) is 7.88. The first-order chi connectivity index (χ1) is 13.4. The molecule has 28 heavy (non-hydrogen) atoms. The molecule has 4 aliphatic heterocycles. The smallest absolute Gasteiger partial charge is 0.303 e. The van der Waals surface area contributed by atoms with E-state index in [1.54, 1.807) is 0 Å². The Hall–Kier alpha value is -1.25. The normalized spacial score (nSPS) is 45.3. The van der Waals surface area contributed by atoms with E-state index in [0.717, 1.165) is 19.3 Å². The molecule has 0 bridgehead atoms. The van der Waals surface area contributed by atoms with Crippen molar-refractivity contribution in [2.24, 2.45) is 5.92 Å². The molecule has 0 aromatic carbocycles. The Balaban J connectivity index is 1.40. The van der Waals surface area contributed by atoms with Crippen LogP contribution in [0.1, 0.15) is 51.9 Å². The maximum absolute atomic E-state index is 10.6. The molecule has 4 aliphatic rings. The molecule has 3 fully saturated rings. The second-order valence-electron chi connectivity index (χ2n) is 8.41. The third-order valence-electron chi connectivity index (χ3n) is 6.34. The quantitative estimate of drug-likeness (QED) is 0.692. The Bertz CT molecular complexity index is 647. The number of carboxylic acids is 1. The van der Waals surface area contributed by atoms with Crippen LogP contribution < -0.4 is 0 Å². The minimum Gasteiger partial charge on any atom is -0.481 e. The summed E-state index contributed by atoms with van der Waals surface area (Å²) in [6, 6.07) is 0. The monoisotopic (exact) mass is 394 g/mol. The molecule has 0 radical (unpaired) electrons. The van der Waals surface area contributed by atoms with Crippen LogP contribution in [0.4, 0.5) is 0 Å². The van der Waals surface area contributed by atoms with Gasteiger partial charge in [0.15, 0.2) is 11.6 Å². The molecular formula is C21H30O7. The van der Waals surface area contributed by atoms with E-state index in [1.807, 2.05) is 18.2 Å². The zero-order valence-corrected chi connectivity index (χ0v) is 16.3. The van der Waals surface area contributed by atoms with Crippen molar-refractivity contribution in [3.05, 3.63) is 24.3 Å². The average Bonchev–Trinajstić information content (AvgIpc) is 3.21. The lowest BCUT2D eigenvalue weighted by molar-refractivity contribution is -0.365. The fraction of sp³-hybridized carbons (Fsp3) is 0.762. The van der Waals surface area contributed by atoms with Crippen molar-refractivity contribution in [1.29, 1.82) is 0 Å². The van der Waals surface area contributed by atoms with Crippen LogP contribution in [0, 0.1) is 5.92 Å². The van der Waals surface area contributed by atoms with Gasteiger partial charge in [-0.15, -0.1) is 0 Å². The molecule has 0 unspecified atom stereocenters. The first kappa shape index (κ1) is 20.0. The van der Waals surface area contributed by atoms with E-state index in [2.05, 4.69) is 13.0 Å². The lowest BCUT2D eigenvalue weighted by Crippen LogP contribution is -2.53. The molecule has 0 aromatic heterocycles. The number of hydrogen-bond donors (Lipinski definition) is 2. The van der Waals surface area contributed by atoms with Crippen molar-refractivity contribution < 1.29 is 34.0 Å². The van der Waals surface area contributed by atoms with Crippen molar-refractivity contribution in [3.8, 4) is 0 Å². The summed E-state index contributed by atoms with van der Waals surface area (Å²) in [5.41, 5.74) is 0. The van der Waals surface area contributed by atoms with E-state index in [-0.39, 0.29) is 43.4 Å². The van der Waals surface area contributed by atoms with Crippen LogP contribution in [-0.2, 0) is 23.7 Å². The molecule has 156 valence electrons. The van der Waals surface area contributed by atoms with Crippen LogP contribution in [0.3, 0.4) is 0 Å². The third kappa shape index (κ3) is 3.91. The maximum Gasteiger partial charge on any atom is 0.303 e. The number of aliphatic carboxylic acids is 1. The number of carbonyl (C=O) groups is 1. The Labute approximate surface area is 165 Å². The molecule has 2 spiro atoms. The number of aliphatic hydroxyl groups excluding tert-OH is 1. The van der Waals surface area contributed by atoms with Gasteiger partial charge in [-0.2, -0.15) is 0 Å². The summed E-state index contributed by atoms with van der Waals surface area (Å²) >= 11 is 0. The van der Waals surface area contributed by atoms with Gasteiger partial charge in [0.1, 0.15) is 0 Å². The molecular weight excluding hydrogens is 364 g/mol. The predicted octanol–water partition coefficient (Wildman–Crippen LogP) is 2.53. The lowest BCUT2D eigenvalue weighted by atomic mass is 9.86. The molecule has 3 saturated heterocycles. The summed E-state index contributed by atoms with van der Waals surface area (Å²) in [6.07, 6.45) is 11.7. The van der Waals surface area contributed by atoms with Crippen molar-refractivity contribution in [2.45, 2.75) is 87.9 Å². The minimum absolute atomic E-state index is 0.0202. The average molecular weight is 394 g/mol. The molecule has 0 saturated carbocycles. The van der Waals surface area contributed by atoms with Gasteiger partial charge in [0, 0.05) is 38.0 Å². The zero-order chi connectivity index (χ0) is 19.8. The van der Waals surface area contributed by atoms with Crippen molar-refractivity contribution in [2.75, 3.05) is 6.61 Å². The maximum atomic E-state index is 10.6. The minimum atomic E-state index is -0.802. The van der Waals surface area contributed by atoms with Gasteiger partial charge in [-0.3, -0.25) is 4.79 Å². The molecule has 4 rings (SSSR count). The molecule has 2 N–H and O–H groups in total. The highest BCUT2D eigenvalue weighted by Crippen LogP contribution is 2.52. The number of aliphatic hydroxyl groups is 1. The van der Waals surface area contributed by atoms with Crippen molar-refractivity contribution in [3.63, 3.8) is 0 Å². The number of ether oxygens (including phenoxy) is 4. The van der Waals surface area contributed by atoms with Crippen LogP contribution in [0.15, 0.2) is 24.3 Å². The summed E-state index contributed by atoms with van der Waals surface area (Å²) in [6.45, 7) is 2.15. The molecule has 7 heteroatoms. The van der Waals surface area contributed by atoms with E-state index >= 15 is 0 Å². The summed E-state index contributed by atoms with van der Waals surface area (Å²) < 4.78 is 25.2. The number of allylic oxidation sites excluding steroid dienone is 1. The lowest BCUT2D eigenvalue weighted by Gasteiger charge is -2.45. The molecule has 7 nitrogen and oxygen atoms in total. The van der Waals surface area contributed by atoms with Crippen molar-refractivity contribution >= 4 is 5.97 Å². The fourth-order valence-electron chi connectivity index (χ4n) is 4.85. The Morgan fingerprint density at radius 1 is 1.25 bits per heavy atom. The van der Waals surface area contributed by atoms with E-state index in [4.69, 9.17) is 24.1 Å². The molecule has 0 amide bonds. The van der Waals surface area contributed by atoms with E-state index in [0.29, 0.717) is 19.3 Å². The Morgan fingerprint density at radius 3 is 2.89 bits per heavy atom. The number of hydrogen-bond acceptors (Lipinski definition) is 6. The highest BCUT2D eigenvalue weighted by molar-refractivity contribution is 5.66. The topological polar surface area (TPSA) is 94.5 Å². The second-order valence-corrected chi connectivity index (χ2v) is 8.41. The largest absolute Gasteiger partial charge is 0.481 e. The molecule has 0 aromatic rings. The third-order valence-corrected chi connectivity index (χ3v) is 6.34. The van der Waals surface area contributed by atoms with Crippen LogP contribution in [-0.4, -0.2) is 58.8 Å². The summed E-state index contributed by atoms with van der Waals surface area (Å²) in [7, 11) is 0. The van der Waals surface area contributed by atoms with Crippen LogP contribution >= 0.6 is 0 Å². The summed E-state index contributed by atoms with van der Waals surface area (Å²) in [5, 5.41) is 18.1. The van der Waals surface area contributed by atoms with E-state index in [9.17, 15) is 9.90 Å². The van der Waals surface area contributed by atoms with Gasteiger partial charge in [-0.25, -0.2) is 0 Å². The van der Waals surface area contributed by atoms with E-state index < -0.39 is 17.5 Å². The molecule has 7 atom stereocenters. The van der Waals surface area contributed by atoms with Crippen molar-refractivity contribution in [1.82, 2.24) is 0 Å². The molecule has 4 heterocycles. The van der Waals surface area contributed by atoms with Gasteiger partial charge in [0.2, 0.25) is 0 Å². The van der Waals surface area contributed by atoms with Gasteiger partial charge < -0.3 is 29.2 Å². The summed E-state index contributed by atoms with van der Waals surface area (Å²) in [5.74, 6) is -2.00. The number of rotatable bonds is 5. The zero-order valence-electron chi connectivity index (χ0n) is 16.3. The van der Waals surface area contributed by atoms with Gasteiger partial charge in [-0.1, -0.05) is 31.2 Å². The Kier molecular flexibility index (Phi) is 5.64. The van der Waals surface area contributed by atoms with Gasteiger partial charge in [0.05, 0.1) is 31.0 Å². The number of fused-ring (bicyclic) bond motifs is 1. The highest BCUT2D eigenvalue weighted by Gasteiger charge is 2.59. The van der Waals surface area contributed by atoms with Crippen LogP contribution in [0.25, 0.3) is 0 Å². The van der Waals surface area contributed by atoms with Crippen LogP contribution in [0.5, 0.6) is 0 Å². The number of carboxylic acid groups (broad SMARTS) is 1. The van der Waals surface area contributed by atoms with Gasteiger partial charge in [0.25, 0.3) is 0 Å². The van der Waals surface area contributed by atoms with Gasteiger partial charge in [-0.05, 0) is 12.8 Å². The standard InChI is InChI=1S/C21H30O7/c1-14-11-17-18(12-16(13-22)25-17)27-21(14)10-9-20(28-21)8-4-6-15(26-20)5-2-3-7-19(23)24/h2,4-6,14-18,22H,3,7-13H2,1H3,(H,23,24)/b5-2+/t14-,15-,16+,17-,18-,20+,21-/m0/s1. The summed E-state index contributed by atoms with van der Waals surface area (Å²) in [4.78, 5) is 10.6. The van der Waals surface area contributed by atoms with Gasteiger partial charge >= 0.3 is 5.97 Å². The van der Waals surface area contributed by atoms with Crippen LogP contribution in [0.2, 0.25) is 0 Å². The fourth-order valence-corrected chi connectivity index (χ4v) is 4.85. The Morgan fingerprint density at radius 2 is 2.11 bits per heavy atom.